The Morgan fingerprint density at radius 2 is 2.00 bits per heavy atom. The van der Waals surface area contributed by atoms with E-state index in [1.807, 2.05) is 32.7 Å². The standard InChI is InChI=1S/C26H37F3N4O2/c1-7-8-9-24(32-18(2)3)25-23(21(16-35)10-11-31-25)14-33(6)20(5)22(12-19(4)15-34)13-30-17-26(27,28)29/h9-13,15-16,18,20,32,34H,7-8,14,17H2,1-6H3/b19-15+,22-12+,24-9-,30-13-. The Balaban J connectivity index is 3.41. The highest BCUT2D eigenvalue weighted by Crippen LogP contribution is 2.23. The van der Waals surface area contributed by atoms with E-state index in [0.29, 0.717) is 34.5 Å². The summed E-state index contributed by atoms with van der Waals surface area (Å²) in [6, 6.07) is 1.42. The molecule has 1 aromatic heterocycles. The molecule has 194 valence electrons. The lowest BCUT2D eigenvalue weighted by molar-refractivity contribution is -0.118. The van der Waals surface area contributed by atoms with Gasteiger partial charge in [0.25, 0.3) is 0 Å². The molecule has 1 atom stereocenters. The summed E-state index contributed by atoms with van der Waals surface area (Å²) in [7, 11) is 1.81. The second-order valence-electron chi connectivity index (χ2n) is 8.74. The van der Waals surface area contributed by atoms with E-state index in [1.165, 1.54) is 6.21 Å². The lowest BCUT2D eigenvalue weighted by Crippen LogP contribution is -2.32. The maximum absolute atomic E-state index is 12.6. The number of carbonyl (C=O) groups excluding carboxylic acids is 1. The van der Waals surface area contributed by atoms with Crippen LogP contribution in [0.2, 0.25) is 0 Å². The number of aliphatic hydroxyl groups excluding tert-OH is 1. The molecule has 0 aromatic carbocycles. The minimum atomic E-state index is -4.41. The Labute approximate surface area is 206 Å². The number of allylic oxidation sites excluding steroid dienone is 3. The highest BCUT2D eigenvalue weighted by molar-refractivity contribution is 5.82. The van der Waals surface area contributed by atoms with Gasteiger partial charge in [-0.15, -0.1) is 0 Å². The first kappa shape index (κ1) is 30.1. The Kier molecular flexibility index (Phi) is 12.4. The highest BCUT2D eigenvalue weighted by atomic mass is 19.4. The summed E-state index contributed by atoms with van der Waals surface area (Å²) in [4.78, 5) is 21.9. The number of hydrogen-bond acceptors (Lipinski definition) is 6. The molecule has 1 aromatic rings. The third-order valence-electron chi connectivity index (χ3n) is 5.22. The fraction of sp³-hybridized carbons (Fsp3) is 0.500. The molecule has 1 rings (SSSR count). The summed E-state index contributed by atoms with van der Waals surface area (Å²) < 4.78 is 37.9. The van der Waals surface area contributed by atoms with Crippen molar-refractivity contribution < 1.29 is 23.1 Å². The van der Waals surface area contributed by atoms with Crippen LogP contribution in [0.25, 0.3) is 5.70 Å². The minimum Gasteiger partial charge on any atom is -0.515 e. The molecule has 1 unspecified atom stereocenters. The van der Waals surface area contributed by atoms with E-state index in [-0.39, 0.29) is 12.1 Å². The minimum absolute atomic E-state index is 0.150. The van der Waals surface area contributed by atoms with Gasteiger partial charge in [-0.2, -0.15) is 13.2 Å². The van der Waals surface area contributed by atoms with Crippen molar-refractivity contribution in [2.24, 2.45) is 4.99 Å². The van der Waals surface area contributed by atoms with Crippen LogP contribution in [-0.4, -0.2) is 59.3 Å². The molecule has 9 heteroatoms. The van der Waals surface area contributed by atoms with E-state index in [4.69, 9.17) is 0 Å². The molecule has 0 amide bonds. The first-order chi connectivity index (χ1) is 16.4. The van der Waals surface area contributed by atoms with Gasteiger partial charge in [0, 0.05) is 42.2 Å². The molecular formula is C26H37F3N4O2. The SMILES string of the molecule is CCC/C=C(\NC(C)C)c1nccc(C=O)c1CN(C)C(C)C(/C=N\CC(F)(F)F)=C/C(C)=C/O. The zero-order valence-corrected chi connectivity index (χ0v) is 21.4. The van der Waals surface area contributed by atoms with Crippen molar-refractivity contribution in [3.8, 4) is 0 Å². The zero-order valence-electron chi connectivity index (χ0n) is 21.4. The predicted octanol–water partition coefficient (Wildman–Crippen LogP) is 5.87. The van der Waals surface area contributed by atoms with Crippen LogP contribution in [0.5, 0.6) is 0 Å². The van der Waals surface area contributed by atoms with Crippen molar-refractivity contribution in [1.29, 1.82) is 0 Å². The smallest absolute Gasteiger partial charge is 0.407 e. The molecule has 35 heavy (non-hydrogen) atoms. The van der Waals surface area contributed by atoms with E-state index in [2.05, 4.69) is 28.3 Å². The van der Waals surface area contributed by atoms with Crippen molar-refractivity contribution >= 4 is 18.2 Å². The maximum atomic E-state index is 12.6. The normalized spacial score (nSPS) is 14.8. The number of halogens is 3. The topological polar surface area (TPSA) is 77.8 Å². The van der Waals surface area contributed by atoms with E-state index < -0.39 is 12.7 Å². The average molecular weight is 495 g/mol. The summed E-state index contributed by atoms with van der Waals surface area (Å²) in [5, 5.41) is 12.7. The molecule has 6 nitrogen and oxygen atoms in total. The summed E-state index contributed by atoms with van der Waals surface area (Å²) >= 11 is 0. The molecule has 0 bridgehead atoms. The number of nitrogens with zero attached hydrogens (tertiary/aromatic N) is 3. The quantitative estimate of drug-likeness (QED) is 0.155. The summed E-state index contributed by atoms with van der Waals surface area (Å²) in [6.45, 7) is 8.60. The number of aliphatic imine (C=N–C) groups is 1. The number of unbranched alkanes of at least 4 members (excludes halogenated alkanes) is 1. The van der Waals surface area contributed by atoms with Crippen LogP contribution < -0.4 is 5.32 Å². The third kappa shape index (κ3) is 10.5. The fourth-order valence-corrected chi connectivity index (χ4v) is 3.30. The number of rotatable bonds is 13. The molecule has 0 radical (unpaired) electrons. The monoisotopic (exact) mass is 494 g/mol. The zero-order chi connectivity index (χ0) is 26.6. The molecule has 0 fully saturated rings. The van der Waals surface area contributed by atoms with Gasteiger partial charge in [-0.1, -0.05) is 19.4 Å². The van der Waals surface area contributed by atoms with E-state index in [0.717, 1.165) is 31.1 Å². The van der Waals surface area contributed by atoms with Crippen LogP contribution in [-0.2, 0) is 6.54 Å². The van der Waals surface area contributed by atoms with E-state index >= 15 is 0 Å². The summed E-state index contributed by atoms with van der Waals surface area (Å²) in [6.07, 6.45) is 5.47. The number of nitrogens with one attached hydrogen (secondary N) is 1. The molecule has 0 aliphatic heterocycles. The molecule has 0 aliphatic carbocycles. The molecule has 0 aliphatic rings. The molecule has 2 N–H and O–H groups in total. The predicted molar refractivity (Wildman–Crippen MR) is 136 cm³/mol. The van der Waals surface area contributed by atoms with Gasteiger partial charge in [-0.25, -0.2) is 0 Å². The average Bonchev–Trinajstić information content (AvgIpc) is 2.79. The fourth-order valence-electron chi connectivity index (χ4n) is 3.30. The summed E-state index contributed by atoms with van der Waals surface area (Å²) in [5.41, 5.74) is 3.67. The van der Waals surface area contributed by atoms with Gasteiger partial charge in [-0.3, -0.25) is 19.7 Å². The van der Waals surface area contributed by atoms with Crippen molar-refractivity contribution in [2.75, 3.05) is 13.6 Å². The van der Waals surface area contributed by atoms with Gasteiger partial charge in [0.15, 0.2) is 6.29 Å². The number of carbonyl (C=O) groups is 1. The van der Waals surface area contributed by atoms with Gasteiger partial charge >= 0.3 is 6.18 Å². The van der Waals surface area contributed by atoms with E-state index in [9.17, 15) is 23.1 Å². The number of aromatic nitrogens is 1. The van der Waals surface area contributed by atoms with Crippen molar-refractivity contribution in [3.05, 3.63) is 58.6 Å². The lowest BCUT2D eigenvalue weighted by atomic mass is 10.0. The molecule has 0 saturated carbocycles. The Bertz CT molecular complexity index is 950. The van der Waals surface area contributed by atoms with Crippen LogP contribution >= 0.6 is 0 Å². The van der Waals surface area contributed by atoms with Gasteiger partial charge in [0.1, 0.15) is 6.54 Å². The van der Waals surface area contributed by atoms with Crippen LogP contribution in [0.4, 0.5) is 13.2 Å². The van der Waals surface area contributed by atoms with Gasteiger partial charge < -0.3 is 10.4 Å². The maximum Gasteiger partial charge on any atom is 0.407 e. The lowest BCUT2D eigenvalue weighted by Gasteiger charge is -2.28. The molecule has 0 saturated heterocycles. The molecule has 0 spiro atoms. The van der Waals surface area contributed by atoms with Gasteiger partial charge in [-0.05, 0) is 64.5 Å². The van der Waals surface area contributed by atoms with Crippen LogP contribution in [0, 0.1) is 0 Å². The number of aldehydes is 1. The Morgan fingerprint density at radius 1 is 1.31 bits per heavy atom. The van der Waals surface area contributed by atoms with Gasteiger partial charge in [0.05, 0.1) is 17.7 Å². The second kappa shape index (κ2) is 14.5. The van der Waals surface area contributed by atoms with Crippen LogP contribution in [0.3, 0.4) is 0 Å². The largest absolute Gasteiger partial charge is 0.515 e. The van der Waals surface area contributed by atoms with Crippen LogP contribution in [0.1, 0.15) is 69.1 Å². The number of hydrogen-bond donors (Lipinski definition) is 2. The van der Waals surface area contributed by atoms with E-state index in [1.54, 1.807) is 25.3 Å². The van der Waals surface area contributed by atoms with Gasteiger partial charge in [0.2, 0.25) is 0 Å². The number of aliphatic hydroxyl groups is 1. The molecule has 1 heterocycles. The first-order valence-electron chi connectivity index (χ1n) is 11.6. The second-order valence-corrected chi connectivity index (χ2v) is 8.74. The van der Waals surface area contributed by atoms with Crippen molar-refractivity contribution in [1.82, 2.24) is 15.2 Å². The number of likely N-dealkylation sites (N-methyl/N-ethyl adjacent to an activating group) is 1. The van der Waals surface area contributed by atoms with Crippen LogP contribution in [0.15, 0.2) is 46.8 Å². The Hall–Kier alpha value is -2.94. The van der Waals surface area contributed by atoms with Crippen molar-refractivity contribution in [3.63, 3.8) is 0 Å². The first-order valence-corrected chi connectivity index (χ1v) is 11.6. The third-order valence-corrected chi connectivity index (χ3v) is 5.22. The number of alkyl halides is 3. The number of pyridine rings is 1. The summed E-state index contributed by atoms with van der Waals surface area (Å²) in [5.74, 6) is 0. The molecular weight excluding hydrogens is 457 g/mol. The highest BCUT2D eigenvalue weighted by Gasteiger charge is 2.26. The Morgan fingerprint density at radius 3 is 2.54 bits per heavy atom. The van der Waals surface area contributed by atoms with Crippen molar-refractivity contribution in [2.45, 2.75) is 72.3 Å².